The third-order valence-corrected chi connectivity index (χ3v) is 5.43. The molecule has 0 radical (unpaired) electrons. The molecule has 0 atom stereocenters. The molecule has 1 aromatic carbocycles. The lowest BCUT2D eigenvalue weighted by Crippen LogP contribution is -2.54. The molecule has 1 heterocycles. The Morgan fingerprint density at radius 1 is 1.19 bits per heavy atom. The molecule has 7 nitrogen and oxygen atoms in total. The number of hydrogen-bond acceptors (Lipinski definition) is 4. The molecule has 1 amide bonds. The highest BCUT2D eigenvalue weighted by atomic mass is 16.6. The number of methoxy groups -OCH3 is 1. The normalized spacial score (nSPS) is 18.9. The summed E-state index contributed by atoms with van der Waals surface area (Å²) in [5.74, 6) is 1.84. The van der Waals surface area contributed by atoms with Crippen molar-refractivity contribution in [1.29, 1.82) is 0 Å². The minimum absolute atomic E-state index is 0.120. The summed E-state index contributed by atoms with van der Waals surface area (Å²) >= 11 is 0. The smallest absolute Gasteiger partial charge is 0.409 e. The van der Waals surface area contributed by atoms with Gasteiger partial charge in [0.1, 0.15) is 5.75 Å². The summed E-state index contributed by atoms with van der Waals surface area (Å²) in [6.45, 7) is 5.87. The maximum absolute atomic E-state index is 11.9. The molecule has 27 heavy (non-hydrogen) atoms. The number of carbonyl (C=O) groups excluding carboxylic acids is 1. The Labute approximate surface area is 161 Å². The van der Waals surface area contributed by atoms with Crippen molar-refractivity contribution in [3.63, 3.8) is 0 Å². The molecule has 0 bridgehead atoms. The molecule has 1 aromatic rings. The largest absolute Gasteiger partial charge is 0.496 e. The Morgan fingerprint density at radius 3 is 2.44 bits per heavy atom. The number of amides is 1. The van der Waals surface area contributed by atoms with E-state index in [0.717, 1.165) is 44.2 Å². The molecular formula is C20H30N4O3. The van der Waals surface area contributed by atoms with Gasteiger partial charge in [0.05, 0.1) is 13.7 Å². The number of piperazine rings is 1. The fourth-order valence-corrected chi connectivity index (χ4v) is 3.67. The topological polar surface area (TPSA) is 66.4 Å². The third kappa shape index (κ3) is 4.28. The van der Waals surface area contributed by atoms with Gasteiger partial charge in [0.2, 0.25) is 0 Å². The third-order valence-electron chi connectivity index (χ3n) is 5.43. The minimum atomic E-state index is -0.229. The van der Waals surface area contributed by atoms with E-state index in [-0.39, 0.29) is 11.5 Å². The minimum Gasteiger partial charge on any atom is -0.496 e. The molecule has 1 saturated carbocycles. The Bertz CT molecular complexity index is 680. The number of guanidine groups is 1. The summed E-state index contributed by atoms with van der Waals surface area (Å²) in [6.07, 6.45) is 2.07. The van der Waals surface area contributed by atoms with E-state index in [1.165, 1.54) is 5.56 Å². The highest BCUT2D eigenvalue weighted by Crippen LogP contribution is 2.50. The van der Waals surface area contributed by atoms with Gasteiger partial charge in [-0.15, -0.1) is 0 Å². The summed E-state index contributed by atoms with van der Waals surface area (Å²) in [6, 6.07) is 8.27. The van der Waals surface area contributed by atoms with Gasteiger partial charge in [-0.25, -0.2) is 4.79 Å². The fourth-order valence-electron chi connectivity index (χ4n) is 3.67. The van der Waals surface area contributed by atoms with Crippen LogP contribution in [0.1, 0.15) is 25.3 Å². The van der Waals surface area contributed by atoms with Crippen LogP contribution in [0.3, 0.4) is 0 Å². The first-order valence-corrected chi connectivity index (χ1v) is 9.64. The molecule has 1 aliphatic carbocycles. The van der Waals surface area contributed by atoms with Crippen molar-refractivity contribution in [2.75, 3.05) is 53.5 Å². The zero-order valence-corrected chi connectivity index (χ0v) is 16.5. The van der Waals surface area contributed by atoms with Crippen LogP contribution in [-0.2, 0) is 10.2 Å². The molecule has 2 aliphatic rings. The van der Waals surface area contributed by atoms with Gasteiger partial charge < -0.3 is 24.6 Å². The first kappa shape index (κ1) is 19.3. The van der Waals surface area contributed by atoms with Crippen LogP contribution in [-0.4, -0.2) is 75.3 Å². The van der Waals surface area contributed by atoms with Crippen LogP contribution in [0, 0.1) is 0 Å². The quantitative estimate of drug-likeness (QED) is 0.631. The Kier molecular flexibility index (Phi) is 6.08. The number of hydrogen-bond donors (Lipinski definition) is 1. The van der Waals surface area contributed by atoms with Crippen molar-refractivity contribution in [3.8, 4) is 5.75 Å². The molecule has 1 N–H and O–H groups in total. The number of para-hydroxylation sites is 1. The molecule has 1 saturated heterocycles. The summed E-state index contributed by atoms with van der Waals surface area (Å²) < 4.78 is 10.6. The maximum Gasteiger partial charge on any atom is 0.409 e. The van der Waals surface area contributed by atoms with Crippen molar-refractivity contribution in [2.24, 2.45) is 4.99 Å². The monoisotopic (exact) mass is 374 g/mol. The van der Waals surface area contributed by atoms with Crippen LogP contribution in [0.5, 0.6) is 5.75 Å². The van der Waals surface area contributed by atoms with Crippen LogP contribution in [0.4, 0.5) is 4.79 Å². The number of carbonyl (C=O) groups is 1. The van der Waals surface area contributed by atoms with Gasteiger partial charge in [-0.1, -0.05) is 18.2 Å². The van der Waals surface area contributed by atoms with Crippen molar-refractivity contribution < 1.29 is 14.3 Å². The van der Waals surface area contributed by atoms with E-state index in [1.807, 2.05) is 26.1 Å². The van der Waals surface area contributed by atoms with Gasteiger partial charge in [0.15, 0.2) is 5.96 Å². The van der Waals surface area contributed by atoms with Gasteiger partial charge in [0.25, 0.3) is 0 Å². The maximum atomic E-state index is 11.9. The molecular weight excluding hydrogens is 344 g/mol. The van der Waals surface area contributed by atoms with Gasteiger partial charge in [-0.3, -0.25) is 4.99 Å². The van der Waals surface area contributed by atoms with E-state index < -0.39 is 0 Å². The van der Waals surface area contributed by atoms with Crippen LogP contribution >= 0.6 is 0 Å². The van der Waals surface area contributed by atoms with Crippen LogP contribution < -0.4 is 10.1 Å². The molecule has 3 rings (SSSR count). The lowest BCUT2D eigenvalue weighted by Gasteiger charge is -2.36. The van der Waals surface area contributed by atoms with Gasteiger partial charge >= 0.3 is 6.09 Å². The van der Waals surface area contributed by atoms with Crippen molar-refractivity contribution in [1.82, 2.24) is 15.1 Å². The van der Waals surface area contributed by atoms with Crippen molar-refractivity contribution in [2.45, 2.75) is 25.2 Å². The van der Waals surface area contributed by atoms with Crippen LogP contribution in [0.25, 0.3) is 0 Å². The van der Waals surface area contributed by atoms with Gasteiger partial charge in [-0.05, 0) is 25.8 Å². The number of nitrogens with one attached hydrogen (secondary N) is 1. The average Bonchev–Trinajstić information content (AvgIpc) is 3.50. The number of aliphatic imine (C=N–C) groups is 1. The zero-order valence-electron chi connectivity index (χ0n) is 16.5. The number of benzene rings is 1. The van der Waals surface area contributed by atoms with E-state index in [4.69, 9.17) is 9.47 Å². The van der Waals surface area contributed by atoms with Crippen molar-refractivity contribution in [3.05, 3.63) is 29.8 Å². The second-order valence-electron chi connectivity index (χ2n) is 7.05. The SMILES string of the molecule is CCOC(=O)N1CCN(C(=NC)NCC2(c3ccccc3OC)CC2)CC1. The van der Waals surface area contributed by atoms with E-state index >= 15 is 0 Å². The summed E-state index contributed by atoms with van der Waals surface area (Å²) in [7, 11) is 3.53. The highest BCUT2D eigenvalue weighted by molar-refractivity contribution is 5.80. The standard InChI is InChI=1S/C20H30N4O3/c1-4-27-19(25)24-13-11-23(12-14-24)18(21-2)22-15-20(9-10-20)16-7-5-6-8-17(16)26-3/h5-8H,4,9-15H2,1-3H3,(H,21,22). The molecule has 0 aromatic heterocycles. The van der Waals surface area contributed by atoms with Crippen molar-refractivity contribution >= 4 is 12.1 Å². The van der Waals surface area contributed by atoms with E-state index in [1.54, 1.807) is 12.0 Å². The zero-order chi connectivity index (χ0) is 19.3. The number of rotatable bonds is 5. The molecule has 148 valence electrons. The Balaban J connectivity index is 1.57. The molecule has 0 unspecified atom stereocenters. The predicted molar refractivity (Wildman–Crippen MR) is 105 cm³/mol. The van der Waals surface area contributed by atoms with E-state index in [9.17, 15) is 4.79 Å². The lowest BCUT2D eigenvalue weighted by molar-refractivity contribution is 0.0914. The van der Waals surface area contributed by atoms with Gasteiger partial charge in [0, 0.05) is 50.7 Å². The second kappa shape index (κ2) is 8.50. The lowest BCUT2D eigenvalue weighted by atomic mass is 9.95. The van der Waals surface area contributed by atoms with Crippen LogP contribution in [0.2, 0.25) is 0 Å². The first-order valence-electron chi connectivity index (χ1n) is 9.64. The first-order chi connectivity index (χ1) is 13.1. The highest BCUT2D eigenvalue weighted by Gasteiger charge is 2.46. The Hall–Kier alpha value is -2.44. The second-order valence-corrected chi connectivity index (χ2v) is 7.05. The molecule has 7 heteroatoms. The average molecular weight is 374 g/mol. The Morgan fingerprint density at radius 2 is 1.85 bits per heavy atom. The van der Waals surface area contributed by atoms with Crippen LogP contribution in [0.15, 0.2) is 29.3 Å². The molecule has 0 spiro atoms. The number of nitrogens with zero attached hydrogens (tertiary/aromatic N) is 3. The fraction of sp³-hybridized carbons (Fsp3) is 0.600. The molecule has 2 fully saturated rings. The summed E-state index contributed by atoms with van der Waals surface area (Å²) in [5.41, 5.74) is 1.39. The molecule has 1 aliphatic heterocycles. The predicted octanol–water partition coefficient (Wildman–Crippen LogP) is 2.08. The van der Waals surface area contributed by atoms with E-state index in [2.05, 4.69) is 27.3 Å². The summed E-state index contributed by atoms with van der Waals surface area (Å²) in [5, 5.41) is 3.55. The van der Waals surface area contributed by atoms with E-state index in [0.29, 0.717) is 19.7 Å². The number of ether oxygens (including phenoxy) is 2. The van der Waals surface area contributed by atoms with Gasteiger partial charge in [-0.2, -0.15) is 0 Å². The summed E-state index contributed by atoms with van der Waals surface area (Å²) in [4.78, 5) is 20.3.